The number of aromatic nitrogens is 1. The Morgan fingerprint density at radius 2 is 2.14 bits per heavy atom. The van der Waals surface area contributed by atoms with E-state index in [9.17, 15) is 18.0 Å². The van der Waals surface area contributed by atoms with Crippen molar-refractivity contribution < 1.29 is 18.0 Å². The maximum atomic E-state index is 12.5. The second kappa shape index (κ2) is 7.09. The monoisotopic (exact) mass is 323 g/mol. The number of hydrogen-bond donors (Lipinski definition) is 2. The molecular formula is C13H17ClF3N3O. The van der Waals surface area contributed by atoms with Crippen LogP contribution in [0.3, 0.4) is 0 Å². The van der Waals surface area contributed by atoms with Crippen molar-refractivity contribution in [2.45, 2.75) is 32.0 Å². The standard InChI is InChI=1S/C13H16F3N3O.ClH/c1-8-10(4-5-11(18-8)13(14,15)16)12(20)19-9-3-2-6-17-7-9;/h4-5,9,17H,2-3,6-7H2,1H3,(H,19,20);1H. The Labute approximate surface area is 126 Å². The van der Waals surface area contributed by atoms with Gasteiger partial charge in [0.05, 0.1) is 11.3 Å². The Morgan fingerprint density at radius 3 is 2.67 bits per heavy atom. The summed E-state index contributed by atoms with van der Waals surface area (Å²) in [6, 6.07) is 2.02. The van der Waals surface area contributed by atoms with Crippen LogP contribution in [-0.2, 0) is 6.18 Å². The number of nitrogens with one attached hydrogen (secondary N) is 2. The SMILES string of the molecule is Cc1nc(C(F)(F)F)ccc1C(=O)NC1CCCNC1.Cl. The lowest BCUT2D eigenvalue weighted by Gasteiger charge is -2.24. The summed E-state index contributed by atoms with van der Waals surface area (Å²) in [5, 5.41) is 5.97. The van der Waals surface area contributed by atoms with Gasteiger partial charge < -0.3 is 10.6 Å². The summed E-state index contributed by atoms with van der Waals surface area (Å²) in [5.74, 6) is -0.377. The molecule has 8 heteroatoms. The van der Waals surface area contributed by atoms with Crippen LogP contribution in [0.25, 0.3) is 0 Å². The first-order valence-electron chi connectivity index (χ1n) is 6.44. The molecule has 2 N–H and O–H groups in total. The molecule has 4 nitrogen and oxygen atoms in total. The van der Waals surface area contributed by atoms with E-state index in [0.29, 0.717) is 6.54 Å². The predicted molar refractivity (Wildman–Crippen MR) is 74.6 cm³/mol. The van der Waals surface area contributed by atoms with Gasteiger partial charge in [-0.3, -0.25) is 4.79 Å². The molecule has 0 spiro atoms. The van der Waals surface area contributed by atoms with Crippen LogP contribution in [0, 0.1) is 6.92 Å². The molecule has 1 fully saturated rings. The Morgan fingerprint density at radius 1 is 1.43 bits per heavy atom. The highest BCUT2D eigenvalue weighted by Gasteiger charge is 2.33. The van der Waals surface area contributed by atoms with E-state index in [1.54, 1.807) is 0 Å². The quantitative estimate of drug-likeness (QED) is 0.878. The van der Waals surface area contributed by atoms with Crippen LogP contribution >= 0.6 is 12.4 Å². The maximum absolute atomic E-state index is 12.5. The number of carbonyl (C=O) groups is 1. The Hall–Kier alpha value is -1.34. The minimum absolute atomic E-state index is 0. The van der Waals surface area contributed by atoms with Gasteiger partial charge in [-0.2, -0.15) is 13.2 Å². The highest BCUT2D eigenvalue weighted by Crippen LogP contribution is 2.28. The van der Waals surface area contributed by atoms with Gasteiger partial charge in [0.25, 0.3) is 5.91 Å². The molecule has 2 heterocycles. The van der Waals surface area contributed by atoms with E-state index in [2.05, 4.69) is 15.6 Å². The van der Waals surface area contributed by atoms with Crippen molar-refractivity contribution in [3.63, 3.8) is 0 Å². The molecule has 1 aliphatic rings. The van der Waals surface area contributed by atoms with Crippen molar-refractivity contribution in [1.29, 1.82) is 0 Å². The Kier molecular flexibility index (Phi) is 5.98. The van der Waals surface area contributed by atoms with Gasteiger partial charge in [0, 0.05) is 12.6 Å². The van der Waals surface area contributed by atoms with Crippen molar-refractivity contribution in [2.75, 3.05) is 13.1 Å². The zero-order chi connectivity index (χ0) is 14.8. The summed E-state index contributed by atoms with van der Waals surface area (Å²) in [4.78, 5) is 15.5. The number of amides is 1. The molecular weight excluding hydrogens is 307 g/mol. The Balaban J connectivity index is 0.00000220. The molecule has 2 rings (SSSR count). The number of hydrogen-bond acceptors (Lipinski definition) is 3. The minimum Gasteiger partial charge on any atom is -0.348 e. The summed E-state index contributed by atoms with van der Waals surface area (Å²) in [7, 11) is 0. The second-order valence-corrected chi connectivity index (χ2v) is 4.84. The number of alkyl halides is 3. The van der Waals surface area contributed by atoms with Gasteiger partial charge in [0.2, 0.25) is 0 Å². The molecule has 21 heavy (non-hydrogen) atoms. The molecule has 0 radical (unpaired) electrons. The van der Waals surface area contributed by atoms with Crippen molar-refractivity contribution >= 4 is 18.3 Å². The number of piperidine rings is 1. The van der Waals surface area contributed by atoms with Crippen LogP contribution < -0.4 is 10.6 Å². The first-order chi connectivity index (χ1) is 9.38. The molecule has 1 aliphatic heterocycles. The zero-order valence-electron chi connectivity index (χ0n) is 11.5. The normalized spacial score (nSPS) is 18.8. The number of carbonyl (C=O) groups excluding carboxylic acids is 1. The minimum atomic E-state index is -4.49. The van der Waals surface area contributed by atoms with E-state index in [0.717, 1.165) is 25.5 Å². The van der Waals surface area contributed by atoms with Crippen molar-refractivity contribution in [3.8, 4) is 0 Å². The Bertz CT molecular complexity index is 502. The number of aryl methyl sites for hydroxylation is 1. The first kappa shape index (κ1) is 17.7. The van der Waals surface area contributed by atoms with Crippen molar-refractivity contribution in [1.82, 2.24) is 15.6 Å². The van der Waals surface area contributed by atoms with E-state index >= 15 is 0 Å². The maximum Gasteiger partial charge on any atom is 0.433 e. The lowest BCUT2D eigenvalue weighted by Crippen LogP contribution is -2.45. The molecule has 1 atom stereocenters. The van der Waals surface area contributed by atoms with E-state index in [-0.39, 0.29) is 35.6 Å². The van der Waals surface area contributed by atoms with Crippen LogP contribution in [0.4, 0.5) is 13.2 Å². The summed E-state index contributed by atoms with van der Waals surface area (Å²) >= 11 is 0. The average Bonchev–Trinajstić information content (AvgIpc) is 2.38. The van der Waals surface area contributed by atoms with Crippen LogP contribution in [0.1, 0.15) is 34.6 Å². The molecule has 0 aliphatic carbocycles. The number of halogens is 4. The molecule has 1 amide bonds. The van der Waals surface area contributed by atoms with Gasteiger partial charge in [-0.25, -0.2) is 4.98 Å². The van der Waals surface area contributed by atoms with E-state index < -0.39 is 11.9 Å². The zero-order valence-corrected chi connectivity index (χ0v) is 12.3. The fourth-order valence-electron chi connectivity index (χ4n) is 2.20. The fourth-order valence-corrected chi connectivity index (χ4v) is 2.20. The topological polar surface area (TPSA) is 54.0 Å². The highest BCUT2D eigenvalue weighted by atomic mass is 35.5. The number of rotatable bonds is 2. The molecule has 1 saturated heterocycles. The molecule has 118 valence electrons. The molecule has 0 aromatic carbocycles. The summed E-state index contributed by atoms with van der Waals surface area (Å²) in [6.45, 7) is 3.01. The van der Waals surface area contributed by atoms with Gasteiger partial charge in [0.15, 0.2) is 0 Å². The van der Waals surface area contributed by atoms with Crippen LogP contribution in [0.5, 0.6) is 0 Å². The van der Waals surface area contributed by atoms with E-state index in [4.69, 9.17) is 0 Å². The van der Waals surface area contributed by atoms with Gasteiger partial charge in [-0.1, -0.05) is 0 Å². The molecule has 0 bridgehead atoms. The first-order valence-corrected chi connectivity index (χ1v) is 6.44. The van der Waals surface area contributed by atoms with E-state index in [1.165, 1.54) is 13.0 Å². The number of pyridine rings is 1. The lowest BCUT2D eigenvalue weighted by atomic mass is 10.1. The largest absolute Gasteiger partial charge is 0.433 e. The van der Waals surface area contributed by atoms with Crippen LogP contribution in [0.15, 0.2) is 12.1 Å². The smallest absolute Gasteiger partial charge is 0.348 e. The molecule has 1 aromatic rings. The fraction of sp³-hybridized carbons (Fsp3) is 0.538. The van der Waals surface area contributed by atoms with Crippen LogP contribution in [-0.4, -0.2) is 30.0 Å². The molecule has 1 unspecified atom stereocenters. The summed E-state index contributed by atoms with van der Waals surface area (Å²) in [6.07, 6.45) is -2.66. The van der Waals surface area contributed by atoms with E-state index in [1.807, 2.05) is 0 Å². The van der Waals surface area contributed by atoms with Gasteiger partial charge in [0.1, 0.15) is 5.69 Å². The molecule has 0 saturated carbocycles. The highest BCUT2D eigenvalue weighted by molar-refractivity contribution is 5.95. The third kappa shape index (κ3) is 4.57. The van der Waals surface area contributed by atoms with Crippen LogP contribution in [0.2, 0.25) is 0 Å². The summed E-state index contributed by atoms with van der Waals surface area (Å²) < 4.78 is 37.5. The van der Waals surface area contributed by atoms with Gasteiger partial charge >= 0.3 is 6.18 Å². The van der Waals surface area contributed by atoms with Gasteiger partial charge in [-0.05, 0) is 38.4 Å². The van der Waals surface area contributed by atoms with Gasteiger partial charge in [-0.15, -0.1) is 12.4 Å². The predicted octanol–water partition coefficient (Wildman–Crippen LogP) is 2.31. The third-order valence-electron chi connectivity index (χ3n) is 3.25. The van der Waals surface area contributed by atoms with Crippen molar-refractivity contribution in [3.05, 3.63) is 29.1 Å². The average molecular weight is 324 g/mol. The summed E-state index contributed by atoms with van der Waals surface area (Å²) in [5.41, 5.74) is -0.712. The molecule has 1 aromatic heterocycles. The third-order valence-corrected chi connectivity index (χ3v) is 3.25. The number of nitrogens with zero attached hydrogens (tertiary/aromatic N) is 1. The van der Waals surface area contributed by atoms with Crippen molar-refractivity contribution in [2.24, 2.45) is 0 Å². The second-order valence-electron chi connectivity index (χ2n) is 4.84. The lowest BCUT2D eigenvalue weighted by molar-refractivity contribution is -0.141.